The molecule has 7 nitrogen and oxygen atoms in total. The Labute approximate surface area is 102 Å². The molecule has 0 aromatic heterocycles. The molecule has 96 valence electrons. The van der Waals surface area contributed by atoms with E-state index in [1.54, 1.807) is 6.92 Å². The Hall–Kier alpha value is -2.44. The van der Waals surface area contributed by atoms with Gasteiger partial charge in [-0.3, -0.25) is 14.9 Å². The normalized spacial score (nSPS) is 11.7. The summed E-state index contributed by atoms with van der Waals surface area (Å²) >= 11 is 0. The second-order valence-electron chi connectivity index (χ2n) is 3.65. The number of nitrogens with zero attached hydrogens (tertiary/aromatic N) is 1. The minimum absolute atomic E-state index is 0.164. The van der Waals surface area contributed by atoms with Gasteiger partial charge in [0.25, 0.3) is 0 Å². The summed E-state index contributed by atoms with van der Waals surface area (Å²) in [6.07, 6.45) is -0.725. The molecule has 1 N–H and O–H groups in total. The van der Waals surface area contributed by atoms with Gasteiger partial charge in [0.2, 0.25) is 0 Å². The van der Waals surface area contributed by atoms with Crippen LogP contribution in [-0.2, 0) is 4.79 Å². The highest BCUT2D eigenvalue weighted by Gasteiger charge is 2.22. The zero-order valence-electron chi connectivity index (χ0n) is 9.75. The zero-order chi connectivity index (χ0) is 13.9. The van der Waals surface area contributed by atoms with E-state index in [4.69, 9.17) is 9.84 Å². The van der Waals surface area contributed by atoms with Gasteiger partial charge >= 0.3 is 11.7 Å². The molecule has 1 aromatic carbocycles. The van der Waals surface area contributed by atoms with E-state index in [0.717, 1.165) is 6.07 Å². The van der Waals surface area contributed by atoms with Crippen molar-refractivity contribution in [3.05, 3.63) is 33.4 Å². The second-order valence-corrected chi connectivity index (χ2v) is 3.65. The summed E-state index contributed by atoms with van der Waals surface area (Å²) in [4.78, 5) is 31.4. The standard InChI is InChI=1S/C11H11NO6/c1-6-3-10(18-7(2)11(14)15)9(12(16)17)4-8(6)5-13/h3-5,7H,1-2H3,(H,14,15). The molecule has 1 unspecified atom stereocenters. The summed E-state index contributed by atoms with van der Waals surface area (Å²) in [5.41, 5.74) is 0.205. The molecule has 0 aliphatic rings. The van der Waals surface area contributed by atoms with E-state index in [1.165, 1.54) is 13.0 Å². The average molecular weight is 253 g/mol. The Bertz CT molecular complexity index is 511. The molecule has 0 amide bonds. The Morgan fingerprint density at radius 2 is 2.17 bits per heavy atom. The summed E-state index contributed by atoms with van der Waals surface area (Å²) in [6.45, 7) is 2.83. The Balaban J connectivity index is 3.25. The SMILES string of the molecule is Cc1cc(OC(C)C(=O)O)c([N+](=O)[O-])cc1C=O. The molecule has 1 rings (SSSR count). The summed E-state index contributed by atoms with van der Waals surface area (Å²) < 4.78 is 4.99. The maximum Gasteiger partial charge on any atom is 0.344 e. The third-order valence-corrected chi connectivity index (χ3v) is 2.32. The number of ether oxygens (including phenoxy) is 1. The summed E-state index contributed by atoms with van der Waals surface area (Å²) in [5, 5.41) is 19.5. The molecule has 1 aromatic rings. The van der Waals surface area contributed by atoms with Crippen LogP contribution < -0.4 is 4.74 Å². The number of hydrogen-bond acceptors (Lipinski definition) is 5. The van der Waals surface area contributed by atoms with Crippen LogP contribution in [0.3, 0.4) is 0 Å². The molecule has 1 atom stereocenters. The summed E-state index contributed by atoms with van der Waals surface area (Å²) in [5.74, 6) is -1.40. The van der Waals surface area contributed by atoms with Crippen LogP contribution >= 0.6 is 0 Å². The quantitative estimate of drug-likeness (QED) is 0.484. The van der Waals surface area contributed by atoms with E-state index in [2.05, 4.69) is 0 Å². The van der Waals surface area contributed by atoms with Crippen molar-refractivity contribution >= 4 is 17.9 Å². The summed E-state index contributed by atoms with van der Waals surface area (Å²) in [7, 11) is 0. The lowest BCUT2D eigenvalue weighted by atomic mass is 10.1. The number of carboxylic acids is 1. The van der Waals surface area contributed by atoms with Crippen LogP contribution in [-0.4, -0.2) is 28.4 Å². The minimum Gasteiger partial charge on any atom is -0.479 e. The van der Waals surface area contributed by atoms with Crippen molar-refractivity contribution < 1.29 is 24.4 Å². The molecule has 7 heteroatoms. The third kappa shape index (κ3) is 2.82. The van der Waals surface area contributed by atoms with Crippen LogP contribution in [0.1, 0.15) is 22.8 Å². The maximum atomic E-state index is 10.8. The number of aldehydes is 1. The second kappa shape index (κ2) is 5.26. The number of benzene rings is 1. The molecule has 0 heterocycles. The summed E-state index contributed by atoms with van der Waals surface area (Å²) in [6, 6.07) is 2.34. The van der Waals surface area contributed by atoms with Crippen molar-refractivity contribution in [2.75, 3.05) is 0 Å². The van der Waals surface area contributed by atoms with Gasteiger partial charge in [-0.2, -0.15) is 0 Å². The van der Waals surface area contributed by atoms with Gasteiger partial charge in [0.1, 0.15) is 0 Å². The molecular weight excluding hydrogens is 242 g/mol. The number of nitro benzene ring substituents is 1. The van der Waals surface area contributed by atoms with E-state index < -0.39 is 22.7 Å². The smallest absolute Gasteiger partial charge is 0.344 e. The van der Waals surface area contributed by atoms with Gasteiger partial charge in [0.05, 0.1) is 4.92 Å². The van der Waals surface area contributed by atoms with Crippen molar-refractivity contribution in [1.29, 1.82) is 0 Å². The highest BCUT2D eigenvalue weighted by atomic mass is 16.6. The molecule has 0 fully saturated rings. The Kier molecular flexibility index (Phi) is 3.98. The number of aliphatic carboxylic acids is 1. The average Bonchev–Trinajstić information content (AvgIpc) is 2.28. The van der Waals surface area contributed by atoms with Gasteiger partial charge < -0.3 is 9.84 Å². The van der Waals surface area contributed by atoms with Gasteiger partial charge in [0.15, 0.2) is 18.1 Å². The lowest BCUT2D eigenvalue weighted by molar-refractivity contribution is -0.386. The molecule has 0 spiro atoms. The zero-order valence-corrected chi connectivity index (χ0v) is 9.75. The first-order valence-corrected chi connectivity index (χ1v) is 5.00. The molecule has 0 saturated carbocycles. The van der Waals surface area contributed by atoms with E-state index >= 15 is 0 Å². The van der Waals surface area contributed by atoms with Crippen LogP contribution in [0.15, 0.2) is 12.1 Å². The Morgan fingerprint density at radius 1 is 1.56 bits per heavy atom. The molecule has 0 aliphatic carbocycles. The fraction of sp³-hybridized carbons (Fsp3) is 0.273. The fourth-order valence-corrected chi connectivity index (χ4v) is 1.29. The number of nitro groups is 1. The van der Waals surface area contributed by atoms with Gasteiger partial charge in [-0.05, 0) is 25.5 Å². The van der Waals surface area contributed by atoms with Gasteiger partial charge in [0, 0.05) is 11.6 Å². The molecule has 0 radical (unpaired) electrons. The van der Waals surface area contributed by atoms with Crippen LogP contribution in [0, 0.1) is 17.0 Å². The number of carbonyl (C=O) groups is 2. The molecule has 0 saturated heterocycles. The lowest BCUT2D eigenvalue weighted by Crippen LogP contribution is -2.23. The van der Waals surface area contributed by atoms with E-state index in [-0.39, 0.29) is 11.3 Å². The lowest BCUT2D eigenvalue weighted by Gasteiger charge is -2.11. The highest BCUT2D eigenvalue weighted by molar-refractivity contribution is 5.80. The first kappa shape index (κ1) is 13.6. The number of carboxylic acid groups (broad SMARTS) is 1. The van der Waals surface area contributed by atoms with Crippen LogP contribution in [0.5, 0.6) is 5.75 Å². The fourth-order valence-electron chi connectivity index (χ4n) is 1.29. The first-order valence-electron chi connectivity index (χ1n) is 5.00. The van der Waals surface area contributed by atoms with Crippen molar-refractivity contribution in [2.45, 2.75) is 20.0 Å². The van der Waals surface area contributed by atoms with E-state index in [1.807, 2.05) is 0 Å². The number of hydrogen-bond donors (Lipinski definition) is 1. The van der Waals surface area contributed by atoms with Crippen LogP contribution in [0.2, 0.25) is 0 Å². The number of rotatable bonds is 5. The maximum absolute atomic E-state index is 10.8. The minimum atomic E-state index is -1.23. The van der Waals surface area contributed by atoms with Crippen molar-refractivity contribution in [3.63, 3.8) is 0 Å². The Morgan fingerprint density at radius 3 is 2.61 bits per heavy atom. The van der Waals surface area contributed by atoms with Crippen molar-refractivity contribution in [3.8, 4) is 5.75 Å². The van der Waals surface area contributed by atoms with Crippen LogP contribution in [0.25, 0.3) is 0 Å². The molecule has 0 bridgehead atoms. The highest BCUT2D eigenvalue weighted by Crippen LogP contribution is 2.30. The van der Waals surface area contributed by atoms with Crippen molar-refractivity contribution in [2.24, 2.45) is 0 Å². The molecular formula is C11H11NO6. The van der Waals surface area contributed by atoms with Crippen LogP contribution in [0.4, 0.5) is 5.69 Å². The monoisotopic (exact) mass is 253 g/mol. The van der Waals surface area contributed by atoms with Crippen molar-refractivity contribution in [1.82, 2.24) is 0 Å². The number of aryl methyl sites for hydroxylation is 1. The molecule has 18 heavy (non-hydrogen) atoms. The predicted molar refractivity (Wildman–Crippen MR) is 60.9 cm³/mol. The third-order valence-electron chi connectivity index (χ3n) is 2.32. The van der Waals surface area contributed by atoms with Gasteiger partial charge in [-0.1, -0.05) is 0 Å². The number of carbonyl (C=O) groups excluding carboxylic acids is 1. The van der Waals surface area contributed by atoms with E-state index in [9.17, 15) is 19.7 Å². The molecule has 0 aliphatic heterocycles. The largest absolute Gasteiger partial charge is 0.479 e. The van der Waals surface area contributed by atoms with Gasteiger partial charge in [-0.15, -0.1) is 0 Å². The van der Waals surface area contributed by atoms with Gasteiger partial charge in [-0.25, -0.2) is 4.79 Å². The topological polar surface area (TPSA) is 107 Å². The first-order chi connectivity index (χ1) is 8.36. The predicted octanol–water partition coefficient (Wildman–Crippen LogP) is 1.57. The van der Waals surface area contributed by atoms with E-state index in [0.29, 0.717) is 11.8 Å².